The fourth-order valence-electron chi connectivity index (χ4n) is 2.06. The number of hydrogen-bond acceptors (Lipinski definition) is 4. The SMILES string of the molecule is COCCNC(=O)CCn1c(=O)[nH]c(=O)c2ccccc21. The third kappa shape index (κ3) is 3.57. The molecule has 0 atom stereocenters. The van der Waals surface area contributed by atoms with E-state index in [0.29, 0.717) is 24.1 Å². The Hall–Kier alpha value is -2.41. The van der Waals surface area contributed by atoms with Gasteiger partial charge in [-0.1, -0.05) is 12.1 Å². The molecule has 0 fully saturated rings. The normalized spacial score (nSPS) is 10.7. The summed E-state index contributed by atoms with van der Waals surface area (Å²) in [4.78, 5) is 37.5. The van der Waals surface area contributed by atoms with Crippen LogP contribution < -0.4 is 16.6 Å². The van der Waals surface area contributed by atoms with Crippen LogP contribution in [0.15, 0.2) is 33.9 Å². The number of ether oxygens (including phenoxy) is 1. The molecule has 0 aliphatic carbocycles. The molecule has 1 aromatic heterocycles. The van der Waals surface area contributed by atoms with Crippen molar-refractivity contribution in [1.82, 2.24) is 14.9 Å². The first-order valence-electron chi connectivity index (χ1n) is 6.61. The zero-order valence-corrected chi connectivity index (χ0v) is 11.7. The van der Waals surface area contributed by atoms with Gasteiger partial charge < -0.3 is 10.1 Å². The molecule has 2 rings (SSSR count). The minimum Gasteiger partial charge on any atom is -0.383 e. The van der Waals surface area contributed by atoms with E-state index in [-0.39, 0.29) is 18.9 Å². The number of nitrogens with zero attached hydrogens (tertiary/aromatic N) is 1. The molecule has 2 N–H and O–H groups in total. The highest BCUT2D eigenvalue weighted by Gasteiger charge is 2.08. The quantitative estimate of drug-likeness (QED) is 0.723. The van der Waals surface area contributed by atoms with Gasteiger partial charge in [0.05, 0.1) is 17.5 Å². The second-order valence-corrected chi connectivity index (χ2v) is 4.52. The molecule has 1 heterocycles. The van der Waals surface area contributed by atoms with Crippen LogP contribution in [0.1, 0.15) is 6.42 Å². The molecular weight excluding hydrogens is 274 g/mol. The maximum Gasteiger partial charge on any atom is 0.328 e. The highest BCUT2D eigenvalue weighted by Crippen LogP contribution is 2.06. The lowest BCUT2D eigenvalue weighted by molar-refractivity contribution is -0.121. The van der Waals surface area contributed by atoms with Gasteiger partial charge in [-0.15, -0.1) is 0 Å². The van der Waals surface area contributed by atoms with Crippen LogP contribution in [0, 0.1) is 0 Å². The highest BCUT2D eigenvalue weighted by molar-refractivity contribution is 5.78. The molecule has 0 radical (unpaired) electrons. The first-order valence-corrected chi connectivity index (χ1v) is 6.61. The van der Waals surface area contributed by atoms with Crippen molar-refractivity contribution in [1.29, 1.82) is 0 Å². The number of carbonyl (C=O) groups excluding carboxylic acids is 1. The number of fused-ring (bicyclic) bond motifs is 1. The Morgan fingerprint density at radius 3 is 2.86 bits per heavy atom. The van der Waals surface area contributed by atoms with Crippen LogP contribution in [0.25, 0.3) is 10.9 Å². The average molecular weight is 291 g/mol. The third-order valence-electron chi connectivity index (χ3n) is 3.10. The molecule has 1 amide bonds. The number of nitrogens with one attached hydrogen (secondary N) is 2. The van der Waals surface area contributed by atoms with Crippen LogP contribution in [0.4, 0.5) is 0 Å². The summed E-state index contributed by atoms with van der Waals surface area (Å²) in [6.07, 6.45) is 0.152. The Morgan fingerprint density at radius 2 is 2.10 bits per heavy atom. The standard InChI is InChI=1S/C14H17N3O4/c1-21-9-7-15-12(18)6-8-17-11-5-3-2-4-10(11)13(19)16-14(17)20/h2-5H,6-9H2,1H3,(H,15,18)(H,16,19,20). The summed E-state index contributed by atoms with van der Waals surface area (Å²) in [6, 6.07) is 6.80. The summed E-state index contributed by atoms with van der Waals surface area (Å²) in [5.74, 6) is -0.172. The van der Waals surface area contributed by atoms with Crippen molar-refractivity contribution in [2.75, 3.05) is 20.3 Å². The van der Waals surface area contributed by atoms with Crippen LogP contribution in [0.3, 0.4) is 0 Å². The second kappa shape index (κ2) is 6.85. The summed E-state index contributed by atoms with van der Waals surface area (Å²) in [5, 5.41) is 3.11. The highest BCUT2D eigenvalue weighted by atomic mass is 16.5. The zero-order chi connectivity index (χ0) is 15.2. The Morgan fingerprint density at radius 1 is 1.33 bits per heavy atom. The Labute approximate surface area is 120 Å². The van der Waals surface area contributed by atoms with E-state index in [1.54, 1.807) is 31.4 Å². The lowest BCUT2D eigenvalue weighted by Crippen LogP contribution is -2.33. The van der Waals surface area contributed by atoms with Crippen molar-refractivity contribution in [3.8, 4) is 0 Å². The van der Waals surface area contributed by atoms with E-state index in [1.165, 1.54) is 4.57 Å². The molecule has 0 bridgehead atoms. The first-order chi connectivity index (χ1) is 10.1. The van der Waals surface area contributed by atoms with Crippen molar-refractivity contribution < 1.29 is 9.53 Å². The van der Waals surface area contributed by atoms with Crippen LogP contribution in [-0.4, -0.2) is 35.7 Å². The van der Waals surface area contributed by atoms with E-state index in [4.69, 9.17) is 4.74 Å². The molecule has 7 nitrogen and oxygen atoms in total. The van der Waals surface area contributed by atoms with E-state index in [2.05, 4.69) is 10.3 Å². The maximum absolute atomic E-state index is 11.9. The first kappa shape index (κ1) is 15.0. The molecule has 0 aliphatic heterocycles. The summed E-state index contributed by atoms with van der Waals surface area (Å²) in [7, 11) is 1.55. The van der Waals surface area contributed by atoms with Crippen LogP contribution in [0.5, 0.6) is 0 Å². The Bertz CT molecular complexity index is 748. The van der Waals surface area contributed by atoms with Gasteiger partial charge in [0.15, 0.2) is 0 Å². The van der Waals surface area contributed by atoms with Crippen molar-refractivity contribution in [2.24, 2.45) is 0 Å². The number of benzene rings is 1. The van der Waals surface area contributed by atoms with Gasteiger partial charge in [0.2, 0.25) is 5.91 Å². The number of aromatic amines is 1. The van der Waals surface area contributed by atoms with Crippen molar-refractivity contribution in [3.05, 3.63) is 45.1 Å². The van der Waals surface area contributed by atoms with E-state index < -0.39 is 11.2 Å². The maximum atomic E-state index is 11.9. The van der Waals surface area contributed by atoms with Crippen molar-refractivity contribution >= 4 is 16.8 Å². The van der Waals surface area contributed by atoms with Gasteiger partial charge in [0.1, 0.15) is 0 Å². The lowest BCUT2D eigenvalue weighted by Gasteiger charge is -2.09. The molecule has 1 aromatic carbocycles. The second-order valence-electron chi connectivity index (χ2n) is 4.52. The number of methoxy groups -OCH3 is 1. The van der Waals surface area contributed by atoms with Crippen molar-refractivity contribution in [3.63, 3.8) is 0 Å². The summed E-state index contributed by atoms with van der Waals surface area (Å²) < 4.78 is 6.23. The Balaban J connectivity index is 2.17. The summed E-state index contributed by atoms with van der Waals surface area (Å²) in [6.45, 7) is 1.07. The van der Waals surface area contributed by atoms with Gasteiger partial charge in [-0.25, -0.2) is 4.79 Å². The van der Waals surface area contributed by atoms with Gasteiger partial charge >= 0.3 is 5.69 Å². The monoisotopic (exact) mass is 291 g/mol. The Kier molecular flexibility index (Phi) is 4.89. The number of hydrogen-bond donors (Lipinski definition) is 2. The number of carbonyl (C=O) groups is 1. The van der Waals surface area contributed by atoms with E-state index in [9.17, 15) is 14.4 Å². The van der Waals surface area contributed by atoms with Gasteiger partial charge in [0.25, 0.3) is 5.56 Å². The average Bonchev–Trinajstić information content (AvgIpc) is 2.47. The molecule has 0 unspecified atom stereocenters. The van der Waals surface area contributed by atoms with Gasteiger partial charge in [-0.05, 0) is 12.1 Å². The van der Waals surface area contributed by atoms with Gasteiger partial charge in [-0.3, -0.25) is 19.1 Å². The number of rotatable bonds is 6. The van der Waals surface area contributed by atoms with Crippen LogP contribution in [-0.2, 0) is 16.1 Å². The zero-order valence-electron chi connectivity index (χ0n) is 11.7. The number of para-hydroxylation sites is 1. The number of amides is 1. The molecule has 7 heteroatoms. The molecule has 0 saturated heterocycles. The van der Waals surface area contributed by atoms with E-state index >= 15 is 0 Å². The number of aromatic nitrogens is 2. The molecular formula is C14H17N3O4. The van der Waals surface area contributed by atoms with E-state index in [1.807, 2.05) is 0 Å². The third-order valence-corrected chi connectivity index (χ3v) is 3.10. The minimum atomic E-state index is -0.511. The van der Waals surface area contributed by atoms with Crippen LogP contribution in [0.2, 0.25) is 0 Å². The predicted octanol–water partition coefficient (Wildman–Crippen LogP) is -0.157. The fourth-order valence-corrected chi connectivity index (χ4v) is 2.06. The largest absolute Gasteiger partial charge is 0.383 e. The lowest BCUT2D eigenvalue weighted by atomic mass is 10.2. The van der Waals surface area contributed by atoms with Crippen molar-refractivity contribution in [2.45, 2.75) is 13.0 Å². The molecule has 2 aromatic rings. The fraction of sp³-hybridized carbons (Fsp3) is 0.357. The van der Waals surface area contributed by atoms with Gasteiger partial charge in [0, 0.05) is 26.6 Å². The molecule has 21 heavy (non-hydrogen) atoms. The van der Waals surface area contributed by atoms with Gasteiger partial charge in [-0.2, -0.15) is 0 Å². The summed E-state index contributed by atoms with van der Waals surface area (Å²) in [5.41, 5.74) is -0.407. The molecule has 0 aliphatic rings. The molecule has 0 spiro atoms. The van der Waals surface area contributed by atoms with Crippen LogP contribution >= 0.6 is 0 Å². The molecule has 112 valence electrons. The predicted molar refractivity (Wildman–Crippen MR) is 78.3 cm³/mol. The number of H-pyrrole nitrogens is 1. The summed E-state index contributed by atoms with van der Waals surface area (Å²) >= 11 is 0. The topological polar surface area (TPSA) is 93.2 Å². The smallest absolute Gasteiger partial charge is 0.328 e. The minimum absolute atomic E-state index is 0.152. The number of aryl methyl sites for hydroxylation is 1. The molecule has 0 saturated carbocycles. The van der Waals surface area contributed by atoms with E-state index in [0.717, 1.165) is 0 Å².